The Morgan fingerprint density at radius 3 is 2.42 bits per heavy atom. The van der Waals surface area contributed by atoms with Crippen LogP contribution in [0.25, 0.3) is 0 Å². The highest BCUT2D eigenvalue weighted by Gasteiger charge is 2.23. The molecule has 0 fully saturated rings. The molecule has 0 saturated heterocycles. The van der Waals surface area contributed by atoms with Gasteiger partial charge in [0.2, 0.25) is 5.69 Å². The lowest BCUT2D eigenvalue weighted by Crippen LogP contribution is -2.09. The summed E-state index contributed by atoms with van der Waals surface area (Å²) < 4.78 is 12.4. The lowest BCUT2D eigenvalue weighted by Gasteiger charge is -2.10. The number of nitrogens with zero attached hydrogens (tertiary/aromatic N) is 3. The van der Waals surface area contributed by atoms with Crippen LogP contribution in [0.5, 0.6) is 11.6 Å². The Kier molecular flexibility index (Phi) is 5.60. The minimum atomic E-state index is -0.583. The Hall–Kier alpha value is -3.19. The van der Waals surface area contributed by atoms with Crippen molar-refractivity contribution in [3.8, 4) is 11.6 Å². The van der Waals surface area contributed by atoms with Crippen LogP contribution in [0.1, 0.15) is 28.5 Å². The fourth-order valence-electron chi connectivity index (χ4n) is 2.36. The van der Waals surface area contributed by atoms with Gasteiger partial charge in [-0.05, 0) is 30.2 Å². The summed E-state index contributed by atoms with van der Waals surface area (Å²) >= 11 is 0. The number of aliphatic hydroxyl groups excluding tert-OH is 1. The molecular formula is C19H19N3O4. The van der Waals surface area contributed by atoms with E-state index >= 15 is 0 Å². The molecule has 1 aromatic heterocycles. The van der Waals surface area contributed by atoms with Gasteiger partial charge < -0.3 is 14.6 Å². The van der Waals surface area contributed by atoms with Gasteiger partial charge in [-0.1, -0.05) is 47.7 Å². The van der Waals surface area contributed by atoms with Gasteiger partial charge in [0.1, 0.15) is 5.75 Å². The van der Waals surface area contributed by atoms with Crippen molar-refractivity contribution in [2.45, 2.75) is 20.1 Å². The molecule has 0 aliphatic heterocycles. The van der Waals surface area contributed by atoms with Gasteiger partial charge in [0.15, 0.2) is 0 Å². The fraction of sp³-hybridized carbons (Fsp3) is 0.211. The normalized spacial score (nSPS) is 10.5. The first-order valence-corrected chi connectivity index (χ1v) is 8.23. The second kappa shape index (κ2) is 8.26. The molecule has 7 nitrogen and oxygen atoms in total. The molecule has 0 spiro atoms. The highest BCUT2D eigenvalue weighted by atomic mass is 16.5. The first-order valence-electron chi connectivity index (χ1n) is 8.23. The summed E-state index contributed by atoms with van der Waals surface area (Å²) in [6.45, 7) is 2.31. The van der Waals surface area contributed by atoms with E-state index in [2.05, 4.69) is 10.3 Å². The van der Waals surface area contributed by atoms with E-state index in [1.807, 2.05) is 42.5 Å². The number of para-hydroxylation sites is 1. The Balaban J connectivity index is 1.91. The molecule has 0 bridgehead atoms. The second-order valence-electron chi connectivity index (χ2n) is 5.51. The van der Waals surface area contributed by atoms with Crippen LogP contribution in [0, 0.1) is 0 Å². The number of carbonyl (C=O) groups is 1. The molecule has 3 rings (SSSR count). The lowest BCUT2D eigenvalue weighted by molar-refractivity contribution is 0.0516. The Bertz CT molecular complexity index is 860. The molecule has 7 heteroatoms. The minimum Gasteiger partial charge on any atom is -0.461 e. The standard InChI is InChI=1S/C19H19N3O4/c1-2-25-19(24)17-18(26-16-6-4-3-5-7-16)22(21-20-17)12-14-8-10-15(13-23)11-9-14/h3-11,23H,2,12-13H2,1H3. The molecule has 1 N–H and O–H groups in total. The zero-order valence-electron chi connectivity index (χ0n) is 14.3. The van der Waals surface area contributed by atoms with E-state index in [-0.39, 0.29) is 24.8 Å². The molecule has 26 heavy (non-hydrogen) atoms. The number of esters is 1. The third-order valence-corrected chi connectivity index (χ3v) is 3.65. The summed E-state index contributed by atoms with van der Waals surface area (Å²) in [5.74, 6) is 0.207. The van der Waals surface area contributed by atoms with E-state index in [1.54, 1.807) is 19.1 Å². The predicted molar refractivity (Wildman–Crippen MR) is 94.0 cm³/mol. The van der Waals surface area contributed by atoms with E-state index < -0.39 is 5.97 Å². The van der Waals surface area contributed by atoms with Crippen molar-refractivity contribution in [2.75, 3.05) is 6.61 Å². The number of aromatic nitrogens is 3. The molecule has 0 saturated carbocycles. The summed E-state index contributed by atoms with van der Waals surface area (Å²) in [5.41, 5.74) is 1.78. The van der Waals surface area contributed by atoms with Crippen molar-refractivity contribution < 1.29 is 19.4 Å². The minimum absolute atomic E-state index is 0.0149. The zero-order chi connectivity index (χ0) is 18.4. The molecule has 2 aromatic carbocycles. The second-order valence-corrected chi connectivity index (χ2v) is 5.51. The van der Waals surface area contributed by atoms with Gasteiger partial charge in [-0.2, -0.15) is 0 Å². The highest BCUT2D eigenvalue weighted by molar-refractivity contribution is 5.89. The lowest BCUT2D eigenvalue weighted by atomic mass is 10.1. The molecule has 0 aliphatic rings. The van der Waals surface area contributed by atoms with Crippen LogP contribution in [0.2, 0.25) is 0 Å². The van der Waals surface area contributed by atoms with Crippen LogP contribution in [0.4, 0.5) is 0 Å². The largest absolute Gasteiger partial charge is 0.461 e. The van der Waals surface area contributed by atoms with Crippen molar-refractivity contribution in [1.29, 1.82) is 0 Å². The van der Waals surface area contributed by atoms with Gasteiger partial charge in [-0.25, -0.2) is 9.48 Å². The number of hydrogen-bond acceptors (Lipinski definition) is 6. The maximum Gasteiger partial charge on any atom is 0.364 e. The summed E-state index contributed by atoms with van der Waals surface area (Å²) in [6, 6.07) is 16.5. The van der Waals surface area contributed by atoms with E-state index in [0.29, 0.717) is 12.3 Å². The van der Waals surface area contributed by atoms with Crippen molar-refractivity contribution in [1.82, 2.24) is 15.0 Å². The Morgan fingerprint density at radius 2 is 1.77 bits per heavy atom. The predicted octanol–water partition coefficient (Wildman–Crippen LogP) is 2.79. The SMILES string of the molecule is CCOC(=O)c1nnn(Cc2ccc(CO)cc2)c1Oc1ccccc1. The number of benzene rings is 2. The molecule has 134 valence electrons. The zero-order valence-corrected chi connectivity index (χ0v) is 14.3. The summed E-state index contributed by atoms with van der Waals surface area (Å²) in [7, 11) is 0. The monoisotopic (exact) mass is 353 g/mol. The van der Waals surface area contributed by atoms with Gasteiger partial charge >= 0.3 is 5.97 Å². The number of rotatable bonds is 7. The molecular weight excluding hydrogens is 334 g/mol. The number of carbonyl (C=O) groups excluding carboxylic acids is 1. The van der Waals surface area contributed by atoms with Gasteiger partial charge in [0.25, 0.3) is 5.88 Å². The summed E-state index contributed by atoms with van der Waals surface area (Å²) in [5, 5.41) is 17.1. The van der Waals surface area contributed by atoms with Crippen LogP contribution in [-0.2, 0) is 17.9 Å². The summed E-state index contributed by atoms with van der Waals surface area (Å²) in [4.78, 5) is 12.2. The number of ether oxygens (including phenoxy) is 2. The first kappa shape index (κ1) is 17.6. The smallest absolute Gasteiger partial charge is 0.364 e. The van der Waals surface area contributed by atoms with Crippen LogP contribution in [0.3, 0.4) is 0 Å². The van der Waals surface area contributed by atoms with Crippen molar-refractivity contribution >= 4 is 5.97 Å². The quantitative estimate of drug-likeness (QED) is 0.657. The molecule has 3 aromatic rings. The maximum atomic E-state index is 12.2. The van der Waals surface area contributed by atoms with Crippen LogP contribution in [0.15, 0.2) is 54.6 Å². The molecule has 1 heterocycles. The van der Waals surface area contributed by atoms with Crippen LogP contribution >= 0.6 is 0 Å². The third kappa shape index (κ3) is 4.07. The summed E-state index contributed by atoms with van der Waals surface area (Å²) in [6.07, 6.45) is 0. The van der Waals surface area contributed by atoms with Gasteiger partial charge in [0.05, 0.1) is 19.8 Å². The Morgan fingerprint density at radius 1 is 1.08 bits per heavy atom. The van der Waals surface area contributed by atoms with E-state index in [4.69, 9.17) is 14.6 Å². The molecule has 0 radical (unpaired) electrons. The first-order chi connectivity index (χ1) is 12.7. The molecule has 0 atom stereocenters. The van der Waals surface area contributed by atoms with Crippen molar-refractivity contribution in [3.05, 3.63) is 71.4 Å². The number of hydrogen-bond donors (Lipinski definition) is 1. The highest BCUT2D eigenvalue weighted by Crippen LogP contribution is 2.25. The topological polar surface area (TPSA) is 86.5 Å². The molecule has 0 amide bonds. The van der Waals surface area contributed by atoms with Crippen LogP contribution < -0.4 is 4.74 Å². The van der Waals surface area contributed by atoms with Crippen LogP contribution in [-0.4, -0.2) is 32.7 Å². The van der Waals surface area contributed by atoms with Gasteiger partial charge in [0, 0.05) is 0 Å². The Labute approximate surface area is 150 Å². The van der Waals surface area contributed by atoms with E-state index in [0.717, 1.165) is 11.1 Å². The van der Waals surface area contributed by atoms with E-state index in [9.17, 15) is 4.79 Å². The molecule has 0 aliphatic carbocycles. The van der Waals surface area contributed by atoms with Crippen molar-refractivity contribution in [3.63, 3.8) is 0 Å². The fourth-order valence-corrected chi connectivity index (χ4v) is 2.36. The van der Waals surface area contributed by atoms with Gasteiger partial charge in [-0.3, -0.25) is 0 Å². The van der Waals surface area contributed by atoms with Gasteiger partial charge in [-0.15, -0.1) is 5.10 Å². The third-order valence-electron chi connectivity index (χ3n) is 3.65. The average molecular weight is 353 g/mol. The maximum absolute atomic E-state index is 12.2. The van der Waals surface area contributed by atoms with E-state index in [1.165, 1.54) is 4.68 Å². The average Bonchev–Trinajstić information content (AvgIpc) is 3.06. The van der Waals surface area contributed by atoms with Crippen molar-refractivity contribution in [2.24, 2.45) is 0 Å². The number of aliphatic hydroxyl groups is 1. The molecule has 0 unspecified atom stereocenters.